The Hall–Kier alpha value is -2.21. The van der Waals surface area contributed by atoms with Crippen LogP contribution in [-0.2, 0) is 23.9 Å². The zero-order valence-corrected chi connectivity index (χ0v) is 19.8. The number of ketones is 1. The molecule has 0 amide bonds. The fourth-order valence-corrected chi connectivity index (χ4v) is 4.70. The van der Waals surface area contributed by atoms with E-state index in [4.69, 9.17) is 9.47 Å². The predicted octanol–water partition coefficient (Wildman–Crippen LogP) is 4.08. The van der Waals surface area contributed by atoms with Gasteiger partial charge in [-0.05, 0) is 82.8 Å². The summed E-state index contributed by atoms with van der Waals surface area (Å²) in [7, 11) is 0. The molecule has 0 aromatic rings. The number of aliphatic hydroxyl groups excluding tert-OH is 1. The van der Waals surface area contributed by atoms with Crippen molar-refractivity contribution in [3.8, 4) is 0 Å². The number of hydrogen-bond donors (Lipinski definition) is 1. The molecular formula is C25H36O6. The Kier molecular flexibility index (Phi) is 8.04. The van der Waals surface area contributed by atoms with Crippen molar-refractivity contribution in [2.24, 2.45) is 17.3 Å². The lowest BCUT2D eigenvalue weighted by Crippen LogP contribution is -2.55. The quantitative estimate of drug-likeness (QED) is 0.520. The average Bonchev–Trinajstić information content (AvgIpc) is 2.72. The van der Waals surface area contributed by atoms with Gasteiger partial charge in [0, 0.05) is 11.1 Å². The van der Waals surface area contributed by atoms with Crippen LogP contribution >= 0.6 is 0 Å². The summed E-state index contributed by atoms with van der Waals surface area (Å²) in [5.41, 5.74) is 2.18. The van der Waals surface area contributed by atoms with Crippen molar-refractivity contribution in [1.82, 2.24) is 0 Å². The van der Waals surface area contributed by atoms with Gasteiger partial charge in [-0.2, -0.15) is 0 Å². The van der Waals surface area contributed by atoms with Gasteiger partial charge in [0.1, 0.15) is 18.8 Å². The van der Waals surface area contributed by atoms with Crippen LogP contribution in [0.4, 0.5) is 0 Å². The van der Waals surface area contributed by atoms with Gasteiger partial charge in [-0.3, -0.25) is 4.79 Å². The van der Waals surface area contributed by atoms with Crippen molar-refractivity contribution >= 4 is 17.7 Å². The van der Waals surface area contributed by atoms with Crippen LogP contribution in [0.2, 0.25) is 0 Å². The van der Waals surface area contributed by atoms with E-state index in [1.54, 1.807) is 32.9 Å². The first-order chi connectivity index (χ1) is 14.4. The molecule has 0 heterocycles. The maximum Gasteiger partial charge on any atom is 0.333 e. The molecule has 0 aromatic carbocycles. The van der Waals surface area contributed by atoms with Crippen molar-refractivity contribution in [3.05, 3.63) is 34.4 Å². The standard InChI is InChI=1S/C25H36O6/c1-8-15(4)23(28)30-12-11-16(5)24(29)31-20-10-9-19-22(27)21(26)18(14(2)3)13-25(19,7)17(20)6/h8,11,17,19-20,22,27H,9-10,12-13H2,1-7H3. The number of carbonyl (C=O) groups is 3. The van der Waals surface area contributed by atoms with Crippen LogP contribution in [0.5, 0.6) is 0 Å². The molecule has 0 spiro atoms. The molecule has 1 N–H and O–H groups in total. The average molecular weight is 433 g/mol. The number of aliphatic hydroxyl groups is 1. The summed E-state index contributed by atoms with van der Waals surface area (Å²) < 4.78 is 10.9. The van der Waals surface area contributed by atoms with Gasteiger partial charge in [0.05, 0.1) is 0 Å². The SMILES string of the molecule is CC=C(C)C(=O)OCC=C(C)C(=O)OC1CCC2C(O)C(=O)C(=C(C)C)CC2(C)C1C. The maximum absolute atomic E-state index is 12.6. The van der Waals surface area contributed by atoms with Gasteiger partial charge in [-0.1, -0.05) is 25.5 Å². The number of fused-ring (bicyclic) bond motifs is 1. The van der Waals surface area contributed by atoms with E-state index in [1.165, 1.54) is 0 Å². The summed E-state index contributed by atoms with van der Waals surface area (Å²) in [4.78, 5) is 36.9. The second-order valence-corrected chi connectivity index (χ2v) is 9.34. The highest BCUT2D eigenvalue weighted by atomic mass is 16.5. The van der Waals surface area contributed by atoms with E-state index in [0.29, 0.717) is 36.0 Å². The molecule has 2 aliphatic carbocycles. The van der Waals surface area contributed by atoms with Gasteiger partial charge in [0.25, 0.3) is 0 Å². The Labute approximate surface area is 185 Å². The first-order valence-electron chi connectivity index (χ1n) is 11.0. The highest BCUT2D eigenvalue weighted by Gasteiger charge is 2.55. The van der Waals surface area contributed by atoms with Crippen molar-refractivity contribution in [1.29, 1.82) is 0 Å². The van der Waals surface area contributed by atoms with Crippen LogP contribution in [0.25, 0.3) is 0 Å². The van der Waals surface area contributed by atoms with Gasteiger partial charge in [0.2, 0.25) is 0 Å². The van der Waals surface area contributed by atoms with E-state index in [2.05, 4.69) is 6.92 Å². The second-order valence-electron chi connectivity index (χ2n) is 9.34. The Morgan fingerprint density at radius 1 is 1.13 bits per heavy atom. The molecule has 5 atom stereocenters. The fourth-order valence-electron chi connectivity index (χ4n) is 4.70. The molecule has 0 aliphatic heterocycles. The number of carbonyl (C=O) groups excluding carboxylic acids is 3. The highest BCUT2D eigenvalue weighted by Crippen LogP contribution is 2.54. The van der Waals surface area contributed by atoms with Crippen LogP contribution < -0.4 is 0 Å². The lowest BCUT2D eigenvalue weighted by atomic mass is 9.53. The molecule has 5 unspecified atom stereocenters. The monoisotopic (exact) mass is 432 g/mol. The third kappa shape index (κ3) is 5.17. The lowest BCUT2D eigenvalue weighted by Gasteiger charge is -2.53. The van der Waals surface area contributed by atoms with Gasteiger partial charge in [-0.25, -0.2) is 9.59 Å². The first kappa shape index (κ1) is 25.1. The van der Waals surface area contributed by atoms with E-state index < -0.39 is 18.0 Å². The van der Waals surface area contributed by atoms with Gasteiger partial charge in [0.15, 0.2) is 5.78 Å². The van der Waals surface area contributed by atoms with Gasteiger partial charge < -0.3 is 14.6 Å². The zero-order valence-electron chi connectivity index (χ0n) is 19.8. The Balaban J connectivity index is 2.08. The van der Waals surface area contributed by atoms with E-state index in [1.807, 2.05) is 20.8 Å². The minimum atomic E-state index is -1.00. The summed E-state index contributed by atoms with van der Waals surface area (Å²) in [5, 5.41) is 10.7. The molecule has 2 rings (SSSR count). The third-order valence-corrected chi connectivity index (χ3v) is 7.25. The molecule has 2 saturated carbocycles. The van der Waals surface area contributed by atoms with Crippen LogP contribution in [0.1, 0.15) is 67.7 Å². The molecule has 2 aliphatic rings. The molecule has 0 saturated heterocycles. The largest absolute Gasteiger partial charge is 0.459 e. The number of Topliss-reactive ketones (excluding diaryl/α,β-unsaturated/α-hetero) is 1. The summed E-state index contributed by atoms with van der Waals surface area (Å²) in [5.74, 6) is -1.17. The number of ether oxygens (including phenoxy) is 2. The predicted molar refractivity (Wildman–Crippen MR) is 118 cm³/mol. The normalized spacial score (nSPS) is 31.7. The Morgan fingerprint density at radius 3 is 2.35 bits per heavy atom. The van der Waals surface area contributed by atoms with E-state index in [0.717, 1.165) is 5.57 Å². The summed E-state index contributed by atoms with van der Waals surface area (Å²) >= 11 is 0. The third-order valence-electron chi connectivity index (χ3n) is 7.25. The first-order valence-corrected chi connectivity index (χ1v) is 11.0. The topological polar surface area (TPSA) is 89.9 Å². The number of esters is 2. The molecule has 172 valence electrons. The molecule has 6 nitrogen and oxygen atoms in total. The highest BCUT2D eigenvalue weighted by molar-refractivity contribution is 6.00. The lowest BCUT2D eigenvalue weighted by molar-refractivity contribution is -0.165. The summed E-state index contributed by atoms with van der Waals surface area (Å²) in [6.07, 6.45) is 3.73. The van der Waals surface area contributed by atoms with Crippen LogP contribution in [-0.4, -0.2) is 41.6 Å². The molecular weight excluding hydrogens is 396 g/mol. The minimum Gasteiger partial charge on any atom is -0.459 e. The second kappa shape index (κ2) is 9.94. The minimum absolute atomic E-state index is 0.00317. The van der Waals surface area contributed by atoms with Crippen LogP contribution in [0, 0.1) is 17.3 Å². The van der Waals surface area contributed by atoms with Crippen molar-refractivity contribution < 1.29 is 29.0 Å². The zero-order chi connectivity index (χ0) is 23.5. The summed E-state index contributed by atoms with van der Waals surface area (Å²) in [6, 6.07) is 0. The summed E-state index contributed by atoms with van der Waals surface area (Å²) in [6.45, 7) is 13.0. The molecule has 0 radical (unpaired) electrons. The van der Waals surface area contributed by atoms with Crippen molar-refractivity contribution in [3.63, 3.8) is 0 Å². The fraction of sp³-hybridized carbons (Fsp3) is 0.640. The Bertz CT molecular complexity index is 829. The van der Waals surface area contributed by atoms with Gasteiger partial charge >= 0.3 is 11.9 Å². The van der Waals surface area contributed by atoms with E-state index >= 15 is 0 Å². The maximum atomic E-state index is 12.6. The van der Waals surface area contributed by atoms with E-state index in [9.17, 15) is 19.5 Å². The number of hydrogen-bond acceptors (Lipinski definition) is 6. The van der Waals surface area contributed by atoms with Crippen molar-refractivity contribution in [2.45, 2.75) is 79.9 Å². The molecule has 0 bridgehead atoms. The van der Waals surface area contributed by atoms with Gasteiger partial charge in [-0.15, -0.1) is 0 Å². The molecule has 0 aromatic heterocycles. The van der Waals surface area contributed by atoms with Crippen LogP contribution in [0.15, 0.2) is 34.4 Å². The van der Waals surface area contributed by atoms with Crippen molar-refractivity contribution in [2.75, 3.05) is 6.61 Å². The van der Waals surface area contributed by atoms with Crippen LogP contribution in [0.3, 0.4) is 0 Å². The number of allylic oxidation sites excluding steroid dienone is 2. The van der Waals surface area contributed by atoms with E-state index in [-0.39, 0.29) is 35.7 Å². The Morgan fingerprint density at radius 2 is 1.77 bits per heavy atom. The number of rotatable bonds is 5. The molecule has 31 heavy (non-hydrogen) atoms. The molecule has 6 heteroatoms. The molecule has 2 fully saturated rings. The smallest absolute Gasteiger partial charge is 0.333 e.